The number of carbonyl (C=O) groups excluding carboxylic acids is 2. The number of para-hydroxylation sites is 1. The number of thiazole rings is 1. The average Bonchev–Trinajstić information content (AvgIpc) is 3.11. The summed E-state index contributed by atoms with van der Waals surface area (Å²) >= 11 is 1.38. The van der Waals surface area contributed by atoms with Crippen LogP contribution in [0.4, 0.5) is 4.79 Å². The zero-order valence-electron chi connectivity index (χ0n) is 15.3. The van der Waals surface area contributed by atoms with Crippen LogP contribution in [0.2, 0.25) is 0 Å². The molecule has 0 aliphatic carbocycles. The number of primary amides is 1. The van der Waals surface area contributed by atoms with Gasteiger partial charge in [0, 0.05) is 11.9 Å². The number of nitrogens with two attached hydrogens (primary N) is 1. The normalized spacial score (nSPS) is 11.5. The molecule has 0 aliphatic rings. The molecule has 0 fully saturated rings. The number of rotatable bonds is 10. The van der Waals surface area contributed by atoms with Crippen LogP contribution in [0.25, 0.3) is 10.6 Å². The Morgan fingerprint density at radius 1 is 1.32 bits per heavy atom. The molecule has 0 radical (unpaired) electrons. The molecule has 1 atom stereocenters. The van der Waals surface area contributed by atoms with Crippen molar-refractivity contribution in [3.63, 3.8) is 0 Å². The van der Waals surface area contributed by atoms with E-state index in [0.717, 1.165) is 5.56 Å². The Kier molecular flexibility index (Phi) is 7.76. The maximum atomic E-state index is 12.2. The summed E-state index contributed by atoms with van der Waals surface area (Å²) < 4.78 is 5.32. The predicted molar refractivity (Wildman–Crippen MR) is 104 cm³/mol. The van der Waals surface area contributed by atoms with Gasteiger partial charge in [0.1, 0.15) is 16.8 Å². The number of ether oxygens (including phenoxy) is 1. The molecule has 0 bridgehead atoms. The van der Waals surface area contributed by atoms with E-state index in [0.29, 0.717) is 22.9 Å². The summed E-state index contributed by atoms with van der Waals surface area (Å²) in [5, 5.41) is 16.6. The molecule has 9 nitrogen and oxygen atoms in total. The van der Waals surface area contributed by atoms with Crippen LogP contribution >= 0.6 is 11.3 Å². The number of nitrogens with zero attached hydrogens (tertiary/aromatic N) is 1. The number of aromatic nitrogens is 1. The van der Waals surface area contributed by atoms with Crippen LogP contribution in [0.15, 0.2) is 29.6 Å². The Bertz CT molecular complexity index is 839. The molecule has 10 heteroatoms. The van der Waals surface area contributed by atoms with Crippen LogP contribution in [-0.2, 0) is 16.0 Å². The first-order valence-electron chi connectivity index (χ1n) is 8.54. The van der Waals surface area contributed by atoms with Gasteiger partial charge in [0.2, 0.25) is 5.91 Å². The molecule has 1 aromatic carbocycles. The van der Waals surface area contributed by atoms with E-state index in [4.69, 9.17) is 10.5 Å². The SMILES string of the molecule is COc1ccccc1-c1nc(CC(=O)N[C@H](CCCNC(N)=O)C(=O)O)cs1. The van der Waals surface area contributed by atoms with Crippen molar-refractivity contribution in [3.8, 4) is 16.3 Å². The molecule has 1 heterocycles. The van der Waals surface area contributed by atoms with Crippen LogP contribution in [0.5, 0.6) is 5.75 Å². The van der Waals surface area contributed by atoms with Gasteiger partial charge in [-0.3, -0.25) is 4.79 Å². The van der Waals surface area contributed by atoms with Crippen molar-refractivity contribution < 1.29 is 24.2 Å². The van der Waals surface area contributed by atoms with E-state index >= 15 is 0 Å². The maximum absolute atomic E-state index is 12.2. The highest BCUT2D eigenvalue weighted by molar-refractivity contribution is 7.13. The van der Waals surface area contributed by atoms with Crippen molar-refractivity contribution in [1.82, 2.24) is 15.6 Å². The molecule has 2 aromatic rings. The third-order valence-electron chi connectivity index (χ3n) is 3.83. The number of carboxylic acid groups (broad SMARTS) is 1. The number of hydrogen-bond donors (Lipinski definition) is 4. The van der Waals surface area contributed by atoms with Gasteiger partial charge in [-0.05, 0) is 25.0 Å². The topological polar surface area (TPSA) is 144 Å². The van der Waals surface area contributed by atoms with E-state index in [-0.39, 0.29) is 19.4 Å². The second-order valence-corrected chi connectivity index (χ2v) is 6.77. The molecule has 150 valence electrons. The first-order chi connectivity index (χ1) is 13.4. The first-order valence-corrected chi connectivity index (χ1v) is 9.42. The van der Waals surface area contributed by atoms with E-state index in [1.807, 2.05) is 24.3 Å². The number of nitrogens with one attached hydrogen (secondary N) is 2. The minimum absolute atomic E-state index is 0.0328. The lowest BCUT2D eigenvalue weighted by Crippen LogP contribution is -2.42. The van der Waals surface area contributed by atoms with Crippen LogP contribution in [0.1, 0.15) is 18.5 Å². The van der Waals surface area contributed by atoms with E-state index < -0.39 is 23.9 Å². The van der Waals surface area contributed by atoms with Gasteiger partial charge in [-0.1, -0.05) is 12.1 Å². The molecule has 3 amide bonds. The highest BCUT2D eigenvalue weighted by atomic mass is 32.1. The molecule has 2 rings (SSSR count). The molecular formula is C18H22N4O5S. The third kappa shape index (κ3) is 6.23. The highest BCUT2D eigenvalue weighted by Crippen LogP contribution is 2.31. The fraction of sp³-hybridized carbons (Fsp3) is 0.333. The van der Waals surface area contributed by atoms with Crippen LogP contribution in [0.3, 0.4) is 0 Å². The first kappa shape index (κ1) is 21.2. The predicted octanol–water partition coefficient (Wildman–Crippen LogP) is 1.38. The summed E-state index contributed by atoms with van der Waals surface area (Å²) in [4.78, 5) is 38.6. The van der Waals surface area contributed by atoms with Gasteiger partial charge in [0.15, 0.2) is 0 Å². The fourth-order valence-electron chi connectivity index (χ4n) is 2.52. The van der Waals surface area contributed by atoms with E-state index in [1.54, 1.807) is 12.5 Å². The van der Waals surface area contributed by atoms with E-state index in [2.05, 4.69) is 15.6 Å². The molecule has 0 aliphatic heterocycles. The summed E-state index contributed by atoms with van der Waals surface area (Å²) in [5.74, 6) is -0.893. The Hall–Kier alpha value is -3.14. The molecule has 0 saturated carbocycles. The van der Waals surface area contributed by atoms with Gasteiger partial charge >= 0.3 is 12.0 Å². The van der Waals surface area contributed by atoms with Crippen molar-refractivity contribution >= 4 is 29.2 Å². The zero-order valence-corrected chi connectivity index (χ0v) is 16.1. The summed E-state index contributed by atoms with van der Waals surface area (Å²) in [6, 6.07) is 5.71. The molecule has 0 spiro atoms. The molecular weight excluding hydrogens is 384 g/mol. The second-order valence-electron chi connectivity index (χ2n) is 5.91. The van der Waals surface area contributed by atoms with Crippen LogP contribution < -0.4 is 21.1 Å². The molecule has 5 N–H and O–H groups in total. The van der Waals surface area contributed by atoms with Gasteiger partial charge in [0.25, 0.3) is 0 Å². The minimum atomic E-state index is -1.14. The number of hydrogen-bond acceptors (Lipinski definition) is 6. The maximum Gasteiger partial charge on any atom is 0.326 e. The number of methoxy groups -OCH3 is 1. The molecule has 0 saturated heterocycles. The van der Waals surface area contributed by atoms with E-state index in [1.165, 1.54) is 11.3 Å². The number of benzene rings is 1. The van der Waals surface area contributed by atoms with Crippen molar-refractivity contribution in [2.75, 3.05) is 13.7 Å². The van der Waals surface area contributed by atoms with Crippen LogP contribution in [-0.4, -0.2) is 47.7 Å². The summed E-state index contributed by atoms with van der Waals surface area (Å²) in [6.45, 7) is 0.239. The standard InChI is InChI=1S/C18H22N4O5S/c1-27-14-7-3-2-5-12(14)16-21-11(10-28-16)9-15(23)22-13(17(24)25)6-4-8-20-18(19)26/h2-3,5,7,10,13H,4,6,8-9H2,1H3,(H,22,23)(H,24,25)(H3,19,20,26)/t13-/m1/s1. The van der Waals surface area contributed by atoms with Crippen molar-refractivity contribution in [2.24, 2.45) is 5.73 Å². The molecule has 28 heavy (non-hydrogen) atoms. The largest absolute Gasteiger partial charge is 0.496 e. The lowest BCUT2D eigenvalue weighted by Gasteiger charge is -2.14. The summed E-state index contributed by atoms with van der Waals surface area (Å²) in [5.41, 5.74) is 6.32. The van der Waals surface area contributed by atoms with Gasteiger partial charge in [0.05, 0.1) is 24.8 Å². The van der Waals surface area contributed by atoms with Crippen molar-refractivity contribution in [1.29, 1.82) is 0 Å². The Balaban J connectivity index is 1.94. The number of carboxylic acids is 1. The smallest absolute Gasteiger partial charge is 0.326 e. The van der Waals surface area contributed by atoms with Gasteiger partial charge in [-0.15, -0.1) is 11.3 Å². The monoisotopic (exact) mass is 406 g/mol. The number of amides is 3. The van der Waals surface area contributed by atoms with Crippen LogP contribution in [0, 0.1) is 0 Å². The van der Waals surface area contributed by atoms with E-state index in [9.17, 15) is 19.5 Å². The summed E-state index contributed by atoms with van der Waals surface area (Å²) in [7, 11) is 1.58. The zero-order chi connectivity index (χ0) is 20.5. The van der Waals surface area contributed by atoms with Gasteiger partial charge < -0.3 is 26.2 Å². The number of urea groups is 1. The lowest BCUT2D eigenvalue weighted by atomic mass is 10.1. The Morgan fingerprint density at radius 3 is 2.75 bits per heavy atom. The number of aliphatic carboxylic acids is 1. The van der Waals surface area contributed by atoms with Gasteiger partial charge in [-0.25, -0.2) is 14.6 Å². The van der Waals surface area contributed by atoms with Crippen molar-refractivity contribution in [3.05, 3.63) is 35.3 Å². The molecule has 0 unspecified atom stereocenters. The highest BCUT2D eigenvalue weighted by Gasteiger charge is 2.20. The Labute approximate surface area is 165 Å². The van der Waals surface area contributed by atoms with Gasteiger partial charge in [-0.2, -0.15) is 0 Å². The quantitative estimate of drug-likeness (QED) is 0.439. The summed E-state index contributed by atoms with van der Waals surface area (Å²) in [6.07, 6.45) is 0.509. The lowest BCUT2D eigenvalue weighted by molar-refractivity contribution is -0.141. The third-order valence-corrected chi connectivity index (χ3v) is 4.76. The average molecular weight is 406 g/mol. The second kappa shape index (κ2) is 10.3. The number of carbonyl (C=O) groups is 3. The molecule has 1 aromatic heterocycles. The minimum Gasteiger partial charge on any atom is -0.496 e. The fourth-order valence-corrected chi connectivity index (χ4v) is 3.37. The Morgan fingerprint density at radius 2 is 2.07 bits per heavy atom. The van der Waals surface area contributed by atoms with Crippen molar-refractivity contribution in [2.45, 2.75) is 25.3 Å².